The quantitative estimate of drug-likeness (QED) is 0.741. The third-order valence-electron chi connectivity index (χ3n) is 7.14. The number of nitrogens with one attached hydrogen (secondary N) is 1. The fourth-order valence-corrected chi connectivity index (χ4v) is 5.19. The number of aryl methyl sites for hydroxylation is 1. The average molecular weight is 440 g/mol. The number of hydrogen-bond acceptors (Lipinski definition) is 7. The van der Waals surface area contributed by atoms with Crippen molar-refractivity contribution in [3.05, 3.63) is 35.3 Å². The van der Waals surface area contributed by atoms with Gasteiger partial charge in [-0.1, -0.05) is 5.16 Å². The van der Waals surface area contributed by atoms with Crippen LogP contribution in [0.3, 0.4) is 0 Å². The largest absolute Gasteiger partial charge is 0.489 e. The van der Waals surface area contributed by atoms with Gasteiger partial charge in [0, 0.05) is 56.5 Å². The van der Waals surface area contributed by atoms with Gasteiger partial charge in [0.15, 0.2) is 11.6 Å². The molecule has 172 valence electrons. The topological polar surface area (TPSA) is 83.7 Å². The Morgan fingerprint density at radius 2 is 2.00 bits per heavy atom. The second-order valence-electron chi connectivity index (χ2n) is 9.36. The summed E-state index contributed by atoms with van der Waals surface area (Å²) in [6.45, 7) is 7.92. The predicted octanol–water partition coefficient (Wildman–Crippen LogP) is 2.81. The van der Waals surface area contributed by atoms with E-state index in [1.165, 1.54) is 24.8 Å². The Balaban J connectivity index is 1.02. The fraction of sp³-hybridized carbons (Fsp3) is 0.625. The Morgan fingerprint density at radius 1 is 1.19 bits per heavy atom. The summed E-state index contributed by atoms with van der Waals surface area (Å²) in [6, 6.07) is 4.02. The number of rotatable bonds is 6. The zero-order chi connectivity index (χ0) is 21.9. The van der Waals surface area contributed by atoms with E-state index in [0.717, 1.165) is 81.8 Å². The first-order valence-corrected chi connectivity index (χ1v) is 12.0. The second-order valence-corrected chi connectivity index (χ2v) is 9.36. The highest BCUT2D eigenvalue weighted by Gasteiger charge is 2.27. The Bertz CT molecular complexity index is 929. The predicted molar refractivity (Wildman–Crippen MR) is 121 cm³/mol. The van der Waals surface area contributed by atoms with E-state index in [4.69, 9.17) is 9.26 Å². The van der Waals surface area contributed by atoms with Crippen LogP contribution >= 0.6 is 0 Å². The number of anilines is 1. The summed E-state index contributed by atoms with van der Waals surface area (Å²) in [6.07, 6.45) is 8.60. The van der Waals surface area contributed by atoms with E-state index < -0.39 is 0 Å². The second kappa shape index (κ2) is 9.48. The highest BCUT2D eigenvalue weighted by molar-refractivity contribution is 5.91. The van der Waals surface area contributed by atoms with Gasteiger partial charge in [-0.05, 0) is 57.6 Å². The molecule has 2 fully saturated rings. The van der Waals surface area contributed by atoms with E-state index in [9.17, 15) is 4.79 Å². The number of carbonyl (C=O) groups excluding carboxylic acids is 1. The minimum Gasteiger partial charge on any atom is -0.489 e. The molecule has 2 aromatic heterocycles. The average Bonchev–Trinajstić information content (AvgIpc) is 3.48. The van der Waals surface area contributed by atoms with Crippen LogP contribution < -0.4 is 15.0 Å². The number of fused-ring (bicyclic) bond motifs is 1. The summed E-state index contributed by atoms with van der Waals surface area (Å²) in [7, 11) is 0. The maximum Gasteiger partial charge on any atom is 0.290 e. The monoisotopic (exact) mass is 439 g/mol. The Labute approximate surface area is 189 Å². The number of nitrogens with zero attached hydrogens (tertiary/aromatic N) is 4. The van der Waals surface area contributed by atoms with E-state index in [1.54, 1.807) is 6.07 Å². The number of ether oxygens (including phenoxy) is 1. The highest BCUT2D eigenvalue weighted by atomic mass is 16.5. The molecule has 0 unspecified atom stereocenters. The number of carbonyl (C=O) groups is 1. The van der Waals surface area contributed by atoms with Crippen LogP contribution in [0.15, 0.2) is 22.9 Å². The normalized spacial score (nSPS) is 23.6. The van der Waals surface area contributed by atoms with E-state index in [1.807, 2.05) is 13.1 Å². The molecule has 5 rings (SSSR count). The van der Waals surface area contributed by atoms with Gasteiger partial charge in [-0.15, -0.1) is 0 Å². The molecule has 0 bridgehead atoms. The van der Waals surface area contributed by atoms with Gasteiger partial charge in [0.25, 0.3) is 5.91 Å². The molecule has 0 radical (unpaired) electrons. The lowest BCUT2D eigenvalue weighted by molar-refractivity contribution is 0.0882. The van der Waals surface area contributed by atoms with Crippen LogP contribution in [0.5, 0.6) is 5.75 Å². The maximum absolute atomic E-state index is 12.3. The first-order chi connectivity index (χ1) is 15.7. The molecule has 0 aromatic carbocycles. The Kier molecular flexibility index (Phi) is 6.30. The number of piperazine rings is 1. The molecule has 1 aliphatic carbocycles. The van der Waals surface area contributed by atoms with Crippen molar-refractivity contribution in [2.45, 2.75) is 51.5 Å². The lowest BCUT2D eigenvalue weighted by atomic mass is 9.84. The molecule has 4 heterocycles. The van der Waals surface area contributed by atoms with Gasteiger partial charge >= 0.3 is 0 Å². The third-order valence-corrected chi connectivity index (χ3v) is 7.14. The van der Waals surface area contributed by atoms with E-state index in [0.29, 0.717) is 5.76 Å². The minimum atomic E-state index is -0.143. The van der Waals surface area contributed by atoms with Crippen LogP contribution in [0.4, 0.5) is 5.82 Å². The van der Waals surface area contributed by atoms with Crippen molar-refractivity contribution < 1.29 is 14.1 Å². The maximum atomic E-state index is 12.3. The van der Waals surface area contributed by atoms with Crippen LogP contribution in [-0.2, 0) is 6.42 Å². The molecule has 1 saturated heterocycles. The number of aromatic nitrogens is 2. The van der Waals surface area contributed by atoms with E-state index in [-0.39, 0.29) is 11.9 Å². The van der Waals surface area contributed by atoms with Gasteiger partial charge in [-0.3, -0.25) is 9.69 Å². The molecule has 0 atom stereocenters. The van der Waals surface area contributed by atoms with Crippen molar-refractivity contribution in [1.82, 2.24) is 20.4 Å². The van der Waals surface area contributed by atoms with Gasteiger partial charge in [0.05, 0.1) is 12.3 Å². The van der Waals surface area contributed by atoms with Gasteiger partial charge in [0.1, 0.15) is 0 Å². The SMILES string of the molecule is Cc1cc(C(=O)NC2CCC(CCN3CCN(c4nccc5c4OCC5)CC3)CC2)on1. The number of amides is 1. The summed E-state index contributed by atoms with van der Waals surface area (Å²) in [5.41, 5.74) is 2.03. The summed E-state index contributed by atoms with van der Waals surface area (Å²) in [5.74, 6) is 2.95. The molecule has 1 N–H and O–H groups in total. The molecule has 3 aliphatic rings. The first kappa shape index (κ1) is 21.2. The fourth-order valence-electron chi connectivity index (χ4n) is 5.19. The molecule has 8 nitrogen and oxygen atoms in total. The van der Waals surface area contributed by atoms with Crippen LogP contribution in [0.2, 0.25) is 0 Å². The van der Waals surface area contributed by atoms with E-state index in [2.05, 4.69) is 31.3 Å². The summed E-state index contributed by atoms with van der Waals surface area (Å²) < 4.78 is 10.9. The van der Waals surface area contributed by atoms with Crippen molar-refractivity contribution in [1.29, 1.82) is 0 Å². The molecule has 32 heavy (non-hydrogen) atoms. The smallest absolute Gasteiger partial charge is 0.290 e. The van der Waals surface area contributed by atoms with Crippen molar-refractivity contribution >= 4 is 11.7 Å². The summed E-state index contributed by atoms with van der Waals surface area (Å²) >= 11 is 0. The first-order valence-electron chi connectivity index (χ1n) is 12.0. The Hall–Kier alpha value is -2.61. The summed E-state index contributed by atoms with van der Waals surface area (Å²) in [4.78, 5) is 21.8. The molecule has 2 aliphatic heterocycles. The molecular formula is C24H33N5O3. The van der Waals surface area contributed by atoms with Gasteiger partial charge < -0.3 is 19.5 Å². The van der Waals surface area contributed by atoms with E-state index >= 15 is 0 Å². The highest BCUT2D eigenvalue weighted by Crippen LogP contribution is 2.34. The molecule has 1 saturated carbocycles. The standard InChI is InChI=1S/C24H33N5O3/c1-17-16-21(32-27-17)24(30)26-20-4-2-18(3-5-20)7-10-28-11-13-29(14-12-28)23-22-19(6-9-25-23)8-15-31-22/h6,9,16,18,20H,2-5,7-8,10-15H2,1H3,(H,26,30). The third kappa shape index (κ3) is 4.75. The number of pyridine rings is 1. The van der Waals surface area contributed by atoms with Gasteiger partial charge in [-0.2, -0.15) is 0 Å². The zero-order valence-corrected chi connectivity index (χ0v) is 18.9. The van der Waals surface area contributed by atoms with Crippen molar-refractivity contribution in [3.63, 3.8) is 0 Å². The van der Waals surface area contributed by atoms with Crippen LogP contribution in [0.1, 0.15) is 53.9 Å². The van der Waals surface area contributed by atoms with Crippen molar-refractivity contribution in [2.75, 3.05) is 44.2 Å². The van der Waals surface area contributed by atoms with Crippen molar-refractivity contribution in [3.8, 4) is 5.75 Å². The summed E-state index contributed by atoms with van der Waals surface area (Å²) in [5, 5.41) is 6.90. The molecule has 8 heteroatoms. The molecular weight excluding hydrogens is 406 g/mol. The van der Waals surface area contributed by atoms with Crippen LogP contribution in [-0.4, -0.2) is 66.3 Å². The van der Waals surface area contributed by atoms with Gasteiger partial charge in [-0.25, -0.2) is 4.98 Å². The molecule has 1 amide bonds. The molecule has 0 spiro atoms. The zero-order valence-electron chi connectivity index (χ0n) is 18.9. The lowest BCUT2D eigenvalue weighted by Gasteiger charge is -2.37. The van der Waals surface area contributed by atoms with Crippen LogP contribution in [0, 0.1) is 12.8 Å². The van der Waals surface area contributed by atoms with Gasteiger partial charge in [0.2, 0.25) is 5.76 Å². The lowest BCUT2D eigenvalue weighted by Crippen LogP contribution is -2.47. The van der Waals surface area contributed by atoms with Crippen LogP contribution in [0.25, 0.3) is 0 Å². The van der Waals surface area contributed by atoms with Crippen molar-refractivity contribution in [2.24, 2.45) is 5.92 Å². The minimum absolute atomic E-state index is 0.143. The Morgan fingerprint density at radius 3 is 2.75 bits per heavy atom. The number of hydrogen-bond donors (Lipinski definition) is 1. The molecule has 2 aromatic rings.